The van der Waals surface area contributed by atoms with E-state index < -0.39 is 6.10 Å². The zero-order valence-corrected chi connectivity index (χ0v) is 14.8. The van der Waals surface area contributed by atoms with Crippen LogP contribution in [0.1, 0.15) is 74.0 Å². The van der Waals surface area contributed by atoms with E-state index in [9.17, 15) is 9.90 Å². The molecule has 6 nitrogen and oxygen atoms in total. The van der Waals surface area contributed by atoms with Gasteiger partial charge in [-0.25, -0.2) is 0 Å². The van der Waals surface area contributed by atoms with Crippen molar-refractivity contribution in [2.24, 2.45) is 0 Å². The molecule has 2 rings (SSSR count). The first kappa shape index (κ1) is 18.3. The van der Waals surface area contributed by atoms with E-state index in [1.54, 1.807) is 18.3 Å². The van der Waals surface area contributed by atoms with Gasteiger partial charge in [-0.15, -0.1) is 0 Å². The van der Waals surface area contributed by atoms with Crippen molar-refractivity contribution < 1.29 is 14.3 Å². The second-order valence-electron chi connectivity index (χ2n) is 6.20. The minimum absolute atomic E-state index is 0.163. The van der Waals surface area contributed by atoms with Gasteiger partial charge in [0.2, 0.25) is 0 Å². The average Bonchev–Trinajstić information content (AvgIpc) is 3.19. The van der Waals surface area contributed by atoms with Crippen LogP contribution in [0.25, 0.3) is 0 Å². The number of furan rings is 1. The summed E-state index contributed by atoms with van der Waals surface area (Å²) < 4.78 is 7.11. The molecule has 0 radical (unpaired) electrons. The van der Waals surface area contributed by atoms with Crippen LogP contribution in [0.15, 0.2) is 29.0 Å². The lowest BCUT2D eigenvalue weighted by molar-refractivity contribution is 0.0902. The minimum Gasteiger partial charge on any atom is -0.467 e. The molecule has 0 aliphatic heterocycles. The van der Waals surface area contributed by atoms with Crippen molar-refractivity contribution in [2.75, 3.05) is 0 Å². The van der Waals surface area contributed by atoms with Crippen molar-refractivity contribution in [3.05, 3.63) is 41.6 Å². The third kappa shape index (κ3) is 4.06. The van der Waals surface area contributed by atoms with Gasteiger partial charge in [0.25, 0.3) is 5.91 Å². The fraction of sp³-hybridized carbons (Fsp3) is 0.556. The lowest BCUT2D eigenvalue weighted by Crippen LogP contribution is -2.34. The number of nitrogens with zero attached hydrogens (tertiary/aromatic N) is 2. The summed E-state index contributed by atoms with van der Waals surface area (Å²) in [5.74, 6) is 0.345. The van der Waals surface area contributed by atoms with Gasteiger partial charge in [-0.05, 0) is 38.8 Å². The number of aliphatic hydroxyl groups excluding tert-OH is 1. The highest BCUT2D eigenvalue weighted by Crippen LogP contribution is 2.21. The Morgan fingerprint density at radius 3 is 2.71 bits per heavy atom. The molecule has 6 heteroatoms. The van der Waals surface area contributed by atoms with Crippen LogP contribution in [-0.4, -0.2) is 26.8 Å². The number of nitrogens with one attached hydrogen (secondary N) is 1. The van der Waals surface area contributed by atoms with E-state index in [2.05, 4.69) is 24.3 Å². The third-order valence-electron chi connectivity index (χ3n) is 4.40. The van der Waals surface area contributed by atoms with Gasteiger partial charge in [0.15, 0.2) is 0 Å². The summed E-state index contributed by atoms with van der Waals surface area (Å²) in [5, 5.41) is 17.4. The number of rotatable bonds is 8. The molecule has 0 spiro atoms. The summed E-state index contributed by atoms with van der Waals surface area (Å²) in [6.45, 7) is 8.02. The summed E-state index contributed by atoms with van der Waals surface area (Å²) in [7, 11) is 0. The highest BCUT2D eigenvalue weighted by Gasteiger charge is 2.21. The first-order chi connectivity index (χ1) is 11.5. The maximum atomic E-state index is 12.5. The molecule has 0 aliphatic rings. The summed E-state index contributed by atoms with van der Waals surface area (Å²) in [4.78, 5) is 12.5. The third-order valence-corrected chi connectivity index (χ3v) is 4.40. The van der Waals surface area contributed by atoms with E-state index in [-0.39, 0.29) is 11.9 Å². The summed E-state index contributed by atoms with van der Waals surface area (Å²) in [6.07, 6.45) is 4.76. The van der Waals surface area contributed by atoms with Gasteiger partial charge in [0.1, 0.15) is 11.9 Å². The lowest BCUT2D eigenvalue weighted by Gasteiger charge is -2.17. The Labute approximate surface area is 142 Å². The zero-order valence-electron chi connectivity index (χ0n) is 14.8. The molecule has 2 atom stereocenters. The van der Waals surface area contributed by atoms with Crippen molar-refractivity contribution in [3.63, 3.8) is 0 Å². The second kappa shape index (κ2) is 8.15. The Hall–Kier alpha value is -2.08. The quantitative estimate of drug-likeness (QED) is 0.776. The molecule has 24 heavy (non-hydrogen) atoms. The van der Waals surface area contributed by atoms with Gasteiger partial charge >= 0.3 is 0 Å². The molecule has 0 bridgehead atoms. The second-order valence-corrected chi connectivity index (χ2v) is 6.20. The van der Waals surface area contributed by atoms with Gasteiger partial charge in [0, 0.05) is 18.2 Å². The van der Waals surface area contributed by atoms with Crippen molar-refractivity contribution >= 4 is 5.91 Å². The average molecular weight is 333 g/mol. The van der Waals surface area contributed by atoms with Gasteiger partial charge in [-0.3, -0.25) is 9.48 Å². The fourth-order valence-electron chi connectivity index (χ4n) is 2.94. The van der Waals surface area contributed by atoms with E-state index in [0.29, 0.717) is 23.8 Å². The SMILES string of the molecule is CCC(CC)n1ncc(C(=O)NC(C)CC(O)c2ccco2)c1C. The molecular weight excluding hydrogens is 306 g/mol. The number of aliphatic hydroxyl groups is 1. The molecule has 132 valence electrons. The summed E-state index contributed by atoms with van der Waals surface area (Å²) >= 11 is 0. The van der Waals surface area contributed by atoms with Crippen molar-refractivity contribution in [2.45, 2.75) is 65.1 Å². The standard InChI is InChI=1S/C18H27N3O3/c1-5-14(6-2)21-13(4)15(11-19-21)18(23)20-12(3)10-16(22)17-8-7-9-24-17/h7-9,11-12,14,16,22H,5-6,10H2,1-4H3,(H,20,23). The maximum Gasteiger partial charge on any atom is 0.254 e. The molecule has 2 aromatic rings. The van der Waals surface area contributed by atoms with Crippen LogP contribution in [0, 0.1) is 6.92 Å². The van der Waals surface area contributed by atoms with E-state index in [1.165, 1.54) is 6.26 Å². The van der Waals surface area contributed by atoms with Crippen LogP contribution in [-0.2, 0) is 0 Å². The Morgan fingerprint density at radius 1 is 1.42 bits per heavy atom. The van der Waals surface area contributed by atoms with Gasteiger partial charge < -0.3 is 14.8 Å². The number of hydrogen-bond donors (Lipinski definition) is 2. The largest absolute Gasteiger partial charge is 0.467 e. The minimum atomic E-state index is -0.733. The molecule has 2 N–H and O–H groups in total. The lowest BCUT2D eigenvalue weighted by atomic mass is 10.1. The van der Waals surface area contributed by atoms with Crippen LogP contribution in [0.5, 0.6) is 0 Å². The normalized spacial score (nSPS) is 13.9. The van der Waals surface area contributed by atoms with E-state index in [0.717, 1.165) is 18.5 Å². The number of carbonyl (C=O) groups excluding carboxylic acids is 1. The molecule has 0 aromatic carbocycles. The zero-order chi connectivity index (χ0) is 17.7. The van der Waals surface area contributed by atoms with Crippen LogP contribution in [0.3, 0.4) is 0 Å². The Morgan fingerprint density at radius 2 is 2.12 bits per heavy atom. The Kier molecular flexibility index (Phi) is 6.20. The first-order valence-corrected chi connectivity index (χ1v) is 8.54. The molecule has 2 unspecified atom stereocenters. The molecule has 2 aromatic heterocycles. The number of carbonyl (C=O) groups is 1. The van der Waals surface area contributed by atoms with Crippen molar-refractivity contribution in [3.8, 4) is 0 Å². The number of amides is 1. The highest BCUT2D eigenvalue weighted by atomic mass is 16.4. The van der Waals surface area contributed by atoms with Gasteiger partial charge in [-0.1, -0.05) is 13.8 Å². The van der Waals surface area contributed by atoms with Gasteiger partial charge in [-0.2, -0.15) is 5.10 Å². The number of hydrogen-bond acceptors (Lipinski definition) is 4. The predicted octanol–water partition coefficient (Wildman–Crippen LogP) is 3.39. The molecule has 0 saturated carbocycles. The Balaban J connectivity index is 1.99. The fourth-order valence-corrected chi connectivity index (χ4v) is 2.94. The maximum absolute atomic E-state index is 12.5. The van der Waals surface area contributed by atoms with Crippen LogP contribution >= 0.6 is 0 Å². The van der Waals surface area contributed by atoms with Gasteiger partial charge in [0.05, 0.1) is 24.1 Å². The Bertz CT molecular complexity index is 645. The van der Waals surface area contributed by atoms with E-state index in [4.69, 9.17) is 4.42 Å². The first-order valence-electron chi connectivity index (χ1n) is 8.54. The van der Waals surface area contributed by atoms with E-state index >= 15 is 0 Å². The predicted molar refractivity (Wildman–Crippen MR) is 91.8 cm³/mol. The molecule has 1 amide bonds. The molecular formula is C18H27N3O3. The van der Waals surface area contributed by atoms with Crippen LogP contribution < -0.4 is 5.32 Å². The monoisotopic (exact) mass is 333 g/mol. The molecule has 0 saturated heterocycles. The summed E-state index contributed by atoms with van der Waals surface area (Å²) in [5.41, 5.74) is 1.46. The van der Waals surface area contributed by atoms with Crippen molar-refractivity contribution in [1.29, 1.82) is 0 Å². The van der Waals surface area contributed by atoms with Crippen LogP contribution in [0.4, 0.5) is 0 Å². The molecule has 0 aliphatic carbocycles. The number of aromatic nitrogens is 2. The topological polar surface area (TPSA) is 80.3 Å². The molecule has 2 heterocycles. The van der Waals surface area contributed by atoms with Crippen molar-refractivity contribution in [1.82, 2.24) is 15.1 Å². The summed E-state index contributed by atoms with van der Waals surface area (Å²) in [6, 6.07) is 3.58. The molecule has 0 fully saturated rings. The van der Waals surface area contributed by atoms with E-state index in [1.807, 2.05) is 18.5 Å². The smallest absolute Gasteiger partial charge is 0.254 e. The highest BCUT2D eigenvalue weighted by molar-refractivity contribution is 5.95. The van der Waals surface area contributed by atoms with Crippen LogP contribution in [0.2, 0.25) is 0 Å².